The standard InChI is InChI=1S/C28H23FN2O3/c1-17-6-8-18(9-7-17)25-24(26(32)19-10-12-21(29)13-11-19)27(33)28(34)31(25)15-14-20-16-30-23-5-3-2-4-22(20)23/h2-13,16,25,30,32H,14-15H2,1H3/b26-24-. The lowest BCUT2D eigenvalue weighted by molar-refractivity contribution is -0.139. The summed E-state index contributed by atoms with van der Waals surface area (Å²) in [4.78, 5) is 31.0. The molecule has 5 rings (SSSR count). The molecule has 0 saturated carbocycles. The van der Waals surface area contributed by atoms with Crippen LogP contribution in [0.15, 0.2) is 84.6 Å². The van der Waals surface area contributed by atoms with E-state index in [9.17, 15) is 19.1 Å². The monoisotopic (exact) mass is 454 g/mol. The molecule has 5 nitrogen and oxygen atoms in total. The molecule has 1 saturated heterocycles. The summed E-state index contributed by atoms with van der Waals surface area (Å²) in [5, 5.41) is 12.1. The first kappa shape index (κ1) is 21.6. The molecular weight excluding hydrogens is 431 g/mol. The van der Waals surface area contributed by atoms with Crippen molar-refractivity contribution in [1.82, 2.24) is 9.88 Å². The third kappa shape index (κ3) is 3.77. The van der Waals surface area contributed by atoms with E-state index in [4.69, 9.17) is 0 Å². The summed E-state index contributed by atoms with van der Waals surface area (Å²) >= 11 is 0. The van der Waals surface area contributed by atoms with Gasteiger partial charge in [0, 0.05) is 29.2 Å². The number of hydrogen-bond acceptors (Lipinski definition) is 3. The number of nitrogens with zero attached hydrogens (tertiary/aromatic N) is 1. The van der Waals surface area contributed by atoms with Crippen LogP contribution in [0.5, 0.6) is 0 Å². The minimum absolute atomic E-state index is 0.0133. The van der Waals surface area contributed by atoms with Crippen LogP contribution in [0.1, 0.15) is 28.3 Å². The van der Waals surface area contributed by atoms with E-state index >= 15 is 0 Å². The molecule has 0 spiro atoms. The molecule has 1 atom stereocenters. The number of halogens is 1. The average Bonchev–Trinajstić information content (AvgIpc) is 3.37. The molecule has 1 aliphatic rings. The van der Waals surface area contributed by atoms with Gasteiger partial charge in [0.2, 0.25) is 0 Å². The minimum atomic E-state index is -0.744. The minimum Gasteiger partial charge on any atom is -0.507 e. The van der Waals surface area contributed by atoms with Crippen LogP contribution in [-0.4, -0.2) is 33.2 Å². The first-order chi connectivity index (χ1) is 16.4. The molecule has 2 heterocycles. The smallest absolute Gasteiger partial charge is 0.295 e. The zero-order valence-corrected chi connectivity index (χ0v) is 18.6. The molecule has 6 heteroatoms. The molecule has 1 aromatic heterocycles. The molecule has 170 valence electrons. The number of Topliss-reactive ketones (excluding diaryl/α,β-unsaturated/α-hetero) is 1. The average molecular weight is 455 g/mol. The summed E-state index contributed by atoms with van der Waals surface area (Å²) in [5.41, 5.74) is 4.11. The van der Waals surface area contributed by atoms with Crippen molar-refractivity contribution in [2.75, 3.05) is 6.54 Å². The molecule has 0 aliphatic carbocycles. The van der Waals surface area contributed by atoms with Crippen molar-refractivity contribution in [2.24, 2.45) is 0 Å². The Hall–Kier alpha value is -4.19. The van der Waals surface area contributed by atoms with Crippen molar-refractivity contribution in [3.05, 3.63) is 113 Å². The number of aryl methyl sites for hydroxylation is 1. The molecular formula is C28H23FN2O3. The van der Waals surface area contributed by atoms with E-state index in [1.165, 1.54) is 29.2 Å². The number of fused-ring (bicyclic) bond motifs is 1. The molecule has 0 radical (unpaired) electrons. The van der Waals surface area contributed by atoms with Gasteiger partial charge in [-0.3, -0.25) is 9.59 Å². The lowest BCUT2D eigenvalue weighted by Gasteiger charge is -2.25. The van der Waals surface area contributed by atoms with Crippen LogP contribution in [0.25, 0.3) is 16.7 Å². The Balaban J connectivity index is 1.56. The van der Waals surface area contributed by atoms with E-state index < -0.39 is 23.5 Å². The van der Waals surface area contributed by atoms with Gasteiger partial charge >= 0.3 is 0 Å². The van der Waals surface area contributed by atoms with Crippen LogP contribution >= 0.6 is 0 Å². The number of hydrogen-bond donors (Lipinski definition) is 2. The number of aliphatic hydroxyl groups is 1. The Labute approximate surface area is 196 Å². The summed E-state index contributed by atoms with van der Waals surface area (Å²) in [6.45, 7) is 2.25. The number of carbonyl (C=O) groups excluding carboxylic acids is 2. The summed E-state index contributed by atoms with van der Waals surface area (Å²) in [7, 11) is 0. The van der Waals surface area contributed by atoms with Crippen LogP contribution in [-0.2, 0) is 16.0 Å². The van der Waals surface area contributed by atoms with E-state index in [-0.39, 0.29) is 16.9 Å². The molecule has 3 aromatic carbocycles. The number of likely N-dealkylation sites (tertiary alicyclic amines) is 1. The van der Waals surface area contributed by atoms with Crippen molar-refractivity contribution < 1.29 is 19.1 Å². The number of benzene rings is 3. The van der Waals surface area contributed by atoms with E-state index in [0.717, 1.165) is 27.6 Å². The highest BCUT2D eigenvalue weighted by Crippen LogP contribution is 2.39. The number of rotatable bonds is 5. The van der Waals surface area contributed by atoms with Gasteiger partial charge in [-0.2, -0.15) is 0 Å². The first-order valence-electron chi connectivity index (χ1n) is 11.1. The normalized spacial score (nSPS) is 17.6. The van der Waals surface area contributed by atoms with Crippen LogP contribution in [0.2, 0.25) is 0 Å². The van der Waals surface area contributed by atoms with E-state index in [2.05, 4.69) is 4.98 Å². The van der Waals surface area contributed by atoms with Gasteiger partial charge in [0.25, 0.3) is 11.7 Å². The molecule has 1 aliphatic heterocycles. The number of nitrogens with one attached hydrogen (secondary N) is 1. The summed E-state index contributed by atoms with van der Waals surface area (Å²) < 4.78 is 13.4. The first-order valence-corrected chi connectivity index (χ1v) is 11.1. The van der Waals surface area contributed by atoms with Gasteiger partial charge in [0.1, 0.15) is 11.6 Å². The van der Waals surface area contributed by atoms with Crippen LogP contribution in [0.4, 0.5) is 4.39 Å². The number of para-hydroxylation sites is 1. The van der Waals surface area contributed by atoms with Gasteiger partial charge < -0.3 is 15.0 Å². The van der Waals surface area contributed by atoms with Crippen LogP contribution < -0.4 is 0 Å². The van der Waals surface area contributed by atoms with E-state index in [1.807, 2.05) is 61.7 Å². The maximum absolute atomic E-state index is 13.4. The number of H-pyrrole nitrogens is 1. The molecule has 0 bridgehead atoms. The zero-order valence-electron chi connectivity index (χ0n) is 18.6. The Morgan fingerprint density at radius 1 is 1.00 bits per heavy atom. The van der Waals surface area contributed by atoms with Crippen molar-refractivity contribution in [2.45, 2.75) is 19.4 Å². The molecule has 1 fully saturated rings. The third-order valence-electron chi connectivity index (χ3n) is 6.35. The van der Waals surface area contributed by atoms with Crippen LogP contribution in [0, 0.1) is 12.7 Å². The maximum atomic E-state index is 13.4. The number of carbonyl (C=O) groups is 2. The van der Waals surface area contributed by atoms with Gasteiger partial charge in [-0.05, 0) is 54.8 Å². The maximum Gasteiger partial charge on any atom is 0.295 e. The Morgan fingerprint density at radius 3 is 2.44 bits per heavy atom. The highest BCUT2D eigenvalue weighted by atomic mass is 19.1. The SMILES string of the molecule is Cc1ccc(C2/C(=C(/O)c3ccc(F)cc3)C(=O)C(=O)N2CCc2c[nH]c3ccccc23)cc1. The van der Waals surface area contributed by atoms with Gasteiger partial charge in [-0.15, -0.1) is 0 Å². The topological polar surface area (TPSA) is 73.4 Å². The number of aliphatic hydroxyl groups excluding tert-OH is 1. The van der Waals surface area contributed by atoms with Crippen molar-refractivity contribution in [3.8, 4) is 0 Å². The van der Waals surface area contributed by atoms with Crippen molar-refractivity contribution >= 4 is 28.4 Å². The lowest BCUT2D eigenvalue weighted by atomic mass is 9.94. The summed E-state index contributed by atoms with van der Waals surface area (Å²) in [6.07, 6.45) is 2.46. The second-order valence-corrected chi connectivity index (χ2v) is 8.52. The third-order valence-corrected chi connectivity index (χ3v) is 6.35. The lowest BCUT2D eigenvalue weighted by Crippen LogP contribution is -2.31. The molecule has 2 N–H and O–H groups in total. The number of aromatic amines is 1. The molecule has 1 unspecified atom stereocenters. The molecule has 34 heavy (non-hydrogen) atoms. The highest BCUT2D eigenvalue weighted by molar-refractivity contribution is 6.46. The largest absolute Gasteiger partial charge is 0.507 e. The number of aromatic nitrogens is 1. The van der Waals surface area contributed by atoms with Crippen molar-refractivity contribution in [3.63, 3.8) is 0 Å². The fourth-order valence-corrected chi connectivity index (χ4v) is 4.55. The highest BCUT2D eigenvalue weighted by Gasteiger charge is 2.45. The van der Waals surface area contributed by atoms with E-state index in [1.54, 1.807) is 0 Å². The second-order valence-electron chi connectivity index (χ2n) is 8.52. The zero-order chi connectivity index (χ0) is 23.8. The summed E-state index contributed by atoms with van der Waals surface area (Å²) in [6, 6.07) is 19.9. The Kier molecular flexibility index (Phi) is 5.49. The Morgan fingerprint density at radius 2 is 1.71 bits per heavy atom. The van der Waals surface area contributed by atoms with Crippen molar-refractivity contribution in [1.29, 1.82) is 0 Å². The fraction of sp³-hybridized carbons (Fsp3) is 0.143. The molecule has 1 amide bonds. The van der Waals surface area contributed by atoms with Gasteiger partial charge in [-0.25, -0.2) is 4.39 Å². The fourth-order valence-electron chi connectivity index (χ4n) is 4.55. The van der Waals surface area contributed by atoms with E-state index in [0.29, 0.717) is 13.0 Å². The number of ketones is 1. The Bertz CT molecular complexity index is 1420. The second kappa shape index (κ2) is 8.63. The quantitative estimate of drug-likeness (QED) is 0.245. The number of amides is 1. The molecule has 4 aromatic rings. The predicted molar refractivity (Wildman–Crippen MR) is 129 cm³/mol. The van der Waals surface area contributed by atoms with Gasteiger partial charge in [-0.1, -0.05) is 48.0 Å². The van der Waals surface area contributed by atoms with Gasteiger partial charge in [0.05, 0.1) is 11.6 Å². The predicted octanol–water partition coefficient (Wildman–Crippen LogP) is 5.28. The van der Waals surface area contributed by atoms with Gasteiger partial charge in [0.15, 0.2) is 0 Å². The van der Waals surface area contributed by atoms with Crippen LogP contribution in [0.3, 0.4) is 0 Å². The summed E-state index contributed by atoms with van der Waals surface area (Å²) in [5.74, 6) is -2.16.